The van der Waals surface area contributed by atoms with Crippen LogP contribution in [0.2, 0.25) is 5.02 Å². The van der Waals surface area contributed by atoms with Gasteiger partial charge >= 0.3 is 0 Å². The van der Waals surface area contributed by atoms with Crippen molar-refractivity contribution < 1.29 is 14.3 Å². The van der Waals surface area contributed by atoms with Crippen molar-refractivity contribution in [2.24, 2.45) is 11.8 Å². The van der Waals surface area contributed by atoms with Gasteiger partial charge in [0.05, 0.1) is 24.9 Å². The van der Waals surface area contributed by atoms with E-state index in [4.69, 9.17) is 21.1 Å². The fourth-order valence-corrected chi connectivity index (χ4v) is 3.62. The number of hydrogen-bond donors (Lipinski definition) is 1. The number of carbonyl (C=O) groups excluding carboxylic acids is 1. The second-order valence-electron chi connectivity index (χ2n) is 6.74. The Morgan fingerprint density at radius 1 is 1.21 bits per heavy atom. The van der Waals surface area contributed by atoms with Crippen molar-refractivity contribution in [2.45, 2.75) is 33.2 Å². The van der Waals surface area contributed by atoms with Gasteiger partial charge in [0.25, 0.3) is 0 Å². The van der Waals surface area contributed by atoms with E-state index in [1.807, 2.05) is 11.8 Å². The lowest BCUT2D eigenvalue weighted by Gasteiger charge is -2.36. The largest absolute Gasteiger partial charge is 0.495 e. The third-order valence-corrected chi connectivity index (χ3v) is 4.69. The maximum atomic E-state index is 12.8. The molecule has 0 aromatic heterocycles. The number of methoxy groups -OCH3 is 2. The zero-order valence-corrected chi connectivity index (χ0v) is 15.8. The minimum absolute atomic E-state index is 0.101. The van der Waals surface area contributed by atoms with Crippen molar-refractivity contribution in [1.82, 2.24) is 4.90 Å². The van der Waals surface area contributed by atoms with Crippen molar-refractivity contribution in [3.05, 3.63) is 17.2 Å². The minimum atomic E-state index is -0.359. The van der Waals surface area contributed by atoms with Crippen LogP contribution in [0.4, 0.5) is 5.69 Å². The average molecular weight is 355 g/mol. The molecule has 1 amide bonds. The Labute approximate surface area is 149 Å². The van der Waals surface area contributed by atoms with Gasteiger partial charge in [-0.1, -0.05) is 25.4 Å². The molecule has 2 rings (SSSR count). The molecule has 134 valence electrons. The Balaban J connectivity index is 2.13. The van der Waals surface area contributed by atoms with Gasteiger partial charge in [0.2, 0.25) is 5.91 Å². The van der Waals surface area contributed by atoms with Gasteiger partial charge in [0.1, 0.15) is 17.5 Å². The molecule has 1 fully saturated rings. The first-order chi connectivity index (χ1) is 11.3. The van der Waals surface area contributed by atoms with Crippen LogP contribution >= 0.6 is 11.6 Å². The zero-order valence-electron chi connectivity index (χ0n) is 15.1. The van der Waals surface area contributed by atoms with Gasteiger partial charge in [0.15, 0.2) is 0 Å². The number of carbonyl (C=O) groups is 1. The SMILES string of the molecule is COc1cc(NC(C)C(=O)N2CC(C)CC(C)C2)c(OC)cc1Cl. The number of nitrogens with one attached hydrogen (secondary N) is 1. The number of likely N-dealkylation sites (tertiary alicyclic amines) is 1. The van der Waals surface area contributed by atoms with Crippen LogP contribution in [0.5, 0.6) is 11.5 Å². The molecule has 0 bridgehead atoms. The van der Waals surface area contributed by atoms with Crippen LogP contribution in [0, 0.1) is 11.8 Å². The Kier molecular flexibility index (Phi) is 6.21. The number of anilines is 1. The maximum Gasteiger partial charge on any atom is 0.244 e. The second kappa shape index (κ2) is 7.97. The highest BCUT2D eigenvalue weighted by Gasteiger charge is 2.28. The lowest BCUT2D eigenvalue weighted by molar-refractivity contribution is -0.134. The zero-order chi connectivity index (χ0) is 17.9. The third-order valence-electron chi connectivity index (χ3n) is 4.40. The van der Waals surface area contributed by atoms with E-state index in [9.17, 15) is 4.79 Å². The molecular weight excluding hydrogens is 328 g/mol. The molecule has 3 unspecified atom stereocenters. The van der Waals surface area contributed by atoms with Gasteiger partial charge in [-0.2, -0.15) is 0 Å². The summed E-state index contributed by atoms with van der Waals surface area (Å²) in [6, 6.07) is 3.08. The van der Waals surface area contributed by atoms with Gasteiger partial charge < -0.3 is 19.7 Å². The van der Waals surface area contributed by atoms with E-state index in [1.165, 1.54) is 6.42 Å². The summed E-state index contributed by atoms with van der Waals surface area (Å²) in [7, 11) is 3.13. The number of nitrogens with zero attached hydrogens (tertiary/aromatic N) is 1. The summed E-state index contributed by atoms with van der Waals surface area (Å²) in [6.45, 7) is 7.89. The highest BCUT2D eigenvalue weighted by molar-refractivity contribution is 6.32. The monoisotopic (exact) mass is 354 g/mol. The molecule has 1 aromatic rings. The van der Waals surface area contributed by atoms with Crippen molar-refractivity contribution in [2.75, 3.05) is 32.6 Å². The molecule has 24 heavy (non-hydrogen) atoms. The van der Waals surface area contributed by atoms with Gasteiger partial charge in [0, 0.05) is 25.2 Å². The summed E-state index contributed by atoms with van der Waals surface area (Å²) in [4.78, 5) is 14.7. The molecule has 6 heteroatoms. The smallest absolute Gasteiger partial charge is 0.244 e. The first-order valence-corrected chi connectivity index (χ1v) is 8.70. The molecular formula is C18H27ClN2O3. The standard InChI is InChI=1S/C18H27ClN2O3/c1-11-6-12(2)10-21(9-11)18(22)13(3)20-15-8-16(23-4)14(19)7-17(15)24-5/h7-8,11-13,20H,6,9-10H2,1-5H3. The number of amides is 1. The van der Waals surface area contributed by atoms with E-state index in [2.05, 4.69) is 19.2 Å². The predicted octanol–water partition coefficient (Wildman–Crippen LogP) is 3.66. The number of piperidine rings is 1. The van der Waals surface area contributed by atoms with Gasteiger partial charge in [-0.3, -0.25) is 4.79 Å². The van der Waals surface area contributed by atoms with Crippen molar-refractivity contribution >= 4 is 23.2 Å². The molecule has 5 nitrogen and oxygen atoms in total. The topological polar surface area (TPSA) is 50.8 Å². The summed E-state index contributed by atoms with van der Waals surface area (Å²) >= 11 is 6.13. The van der Waals surface area contributed by atoms with Crippen LogP contribution in [0.1, 0.15) is 27.2 Å². The van der Waals surface area contributed by atoms with Crippen molar-refractivity contribution in [3.63, 3.8) is 0 Å². The predicted molar refractivity (Wildman–Crippen MR) is 97.2 cm³/mol. The molecule has 1 N–H and O–H groups in total. The maximum absolute atomic E-state index is 12.8. The fourth-order valence-electron chi connectivity index (χ4n) is 3.38. The normalized spacial score (nSPS) is 22.0. The van der Waals surface area contributed by atoms with Crippen LogP contribution in [0.15, 0.2) is 12.1 Å². The molecule has 1 aliphatic rings. The first kappa shape index (κ1) is 18.7. The Morgan fingerprint density at radius 3 is 2.33 bits per heavy atom. The molecule has 3 atom stereocenters. The highest BCUT2D eigenvalue weighted by atomic mass is 35.5. The Bertz CT molecular complexity index is 584. The van der Waals surface area contributed by atoms with E-state index < -0.39 is 0 Å². The quantitative estimate of drug-likeness (QED) is 0.876. The molecule has 1 heterocycles. The van der Waals surface area contributed by atoms with Gasteiger partial charge in [-0.15, -0.1) is 0 Å². The lowest BCUT2D eigenvalue weighted by Crippen LogP contribution is -2.48. The average Bonchev–Trinajstić information content (AvgIpc) is 2.54. The molecule has 0 radical (unpaired) electrons. The van der Waals surface area contributed by atoms with Crippen LogP contribution in [0.3, 0.4) is 0 Å². The highest BCUT2D eigenvalue weighted by Crippen LogP contribution is 2.36. The fraction of sp³-hybridized carbons (Fsp3) is 0.611. The van der Waals surface area contributed by atoms with E-state index in [-0.39, 0.29) is 11.9 Å². The van der Waals surface area contributed by atoms with Gasteiger partial charge in [-0.05, 0) is 25.2 Å². The third kappa shape index (κ3) is 4.26. The molecule has 1 aromatic carbocycles. The number of benzene rings is 1. The molecule has 0 saturated carbocycles. The van der Waals surface area contributed by atoms with Crippen LogP contribution in [-0.2, 0) is 4.79 Å². The Morgan fingerprint density at radius 2 is 1.79 bits per heavy atom. The van der Waals surface area contributed by atoms with Gasteiger partial charge in [-0.25, -0.2) is 0 Å². The van der Waals surface area contributed by atoms with Crippen LogP contribution in [-0.4, -0.2) is 44.2 Å². The first-order valence-electron chi connectivity index (χ1n) is 8.32. The lowest BCUT2D eigenvalue weighted by atomic mass is 9.91. The molecule has 1 saturated heterocycles. The van der Waals surface area contributed by atoms with Crippen molar-refractivity contribution in [3.8, 4) is 11.5 Å². The molecule has 0 aliphatic carbocycles. The number of rotatable bonds is 5. The Hall–Kier alpha value is -1.62. The number of ether oxygens (including phenoxy) is 2. The van der Waals surface area contributed by atoms with E-state index >= 15 is 0 Å². The summed E-state index contributed by atoms with van der Waals surface area (Å²) < 4.78 is 10.6. The molecule has 1 aliphatic heterocycles. The molecule has 0 spiro atoms. The summed E-state index contributed by atoms with van der Waals surface area (Å²) in [5.41, 5.74) is 0.692. The second-order valence-corrected chi connectivity index (χ2v) is 7.15. The summed E-state index contributed by atoms with van der Waals surface area (Å²) in [6.07, 6.45) is 1.17. The number of hydrogen-bond acceptors (Lipinski definition) is 4. The minimum Gasteiger partial charge on any atom is -0.495 e. The van der Waals surface area contributed by atoms with Crippen LogP contribution < -0.4 is 14.8 Å². The summed E-state index contributed by atoms with van der Waals surface area (Å²) in [5, 5.41) is 3.71. The van der Waals surface area contributed by atoms with E-state index in [1.54, 1.807) is 26.4 Å². The number of halogens is 1. The van der Waals surface area contributed by atoms with E-state index in [0.29, 0.717) is 34.0 Å². The van der Waals surface area contributed by atoms with Crippen molar-refractivity contribution in [1.29, 1.82) is 0 Å². The van der Waals surface area contributed by atoms with E-state index in [0.717, 1.165) is 13.1 Å². The summed E-state index contributed by atoms with van der Waals surface area (Å²) in [5.74, 6) is 2.30. The van der Waals surface area contributed by atoms with Crippen LogP contribution in [0.25, 0.3) is 0 Å².